The molecule has 0 aromatic carbocycles. The molecule has 0 spiro atoms. The van der Waals surface area contributed by atoms with E-state index in [1.165, 1.54) is 11.3 Å². The molecule has 2 fully saturated rings. The van der Waals surface area contributed by atoms with Crippen molar-refractivity contribution in [1.82, 2.24) is 15.6 Å². The summed E-state index contributed by atoms with van der Waals surface area (Å²) in [7, 11) is 0. The van der Waals surface area contributed by atoms with Crippen molar-refractivity contribution in [3.63, 3.8) is 0 Å². The van der Waals surface area contributed by atoms with Crippen molar-refractivity contribution >= 4 is 40.2 Å². The van der Waals surface area contributed by atoms with E-state index in [1.54, 1.807) is 0 Å². The fourth-order valence-electron chi connectivity index (χ4n) is 3.13. The lowest BCUT2D eigenvalue weighted by Gasteiger charge is -2.16. The van der Waals surface area contributed by atoms with E-state index in [4.69, 9.17) is 0 Å². The predicted octanol–water partition coefficient (Wildman–Crippen LogP) is 3.10. The highest BCUT2D eigenvalue weighted by molar-refractivity contribution is 8.00. The molecule has 3 heterocycles. The zero-order valence-corrected chi connectivity index (χ0v) is 16.6. The summed E-state index contributed by atoms with van der Waals surface area (Å²) in [6.45, 7) is 6.34. The Morgan fingerprint density at radius 1 is 1.36 bits per heavy atom. The molecule has 2 aliphatic rings. The van der Waals surface area contributed by atoms with Crippen molar-refractivity contribution in [2.24, 2.45) is 0 Å². The number of aromatic nitrogens is 1. The minimum Gasteiger partial charge on any atom is -0.332 e. The molecule has 0 radical (unpaired) electrons. The number of carbonyl (C=O) groups is 2. The molecule has 2 saturated heterocycles. The number of thioether (sulfide) groups is 1. The summed E-state index contributed by atoms with van der Waals surface area (Å²) in [4.78, 5) is 27.9. The van der Waals surface area contributed by atoms with Crippen molar-refractivity contribution in [2.75, 3.05) is 11.1 Å². The Balaban J connectivity index is 1.36. The number of fused-ring (bicyclic) bond motifs is 1. The van der Waals surface area contributed by atoms with Crippen LogP contribution in [0.5, 0.6) is 0 Å². The van der Waals surface area contributed by atoms with Crippen LogP contribution in [0.2, 0.25) is 0 Å². The fourth-order valence-corrected chi connectivity index (χ4v) is 5.63. The van der Waals surface area contributed by atoms with Gasteiger partial charge in [-0.3, -0.25) is 4.79 Å². The van der Waals surface area contributed by atoms with Crippen LogP contribution in [0, 0.1) is 0 Å². The van der Waals surface area contributed by atoms with Crippen LogP contribution in [-0.4, -0.2) is 40.0 Å². The summed E-state index contributed by atoms with van der Waals surface area (Å²) in [6, 6.07) is 0.475. The number of nitrogens with zero attached hydrogens (tertiary/aromatic N) is 1. The zero-order chi connectivity index (χ0) is 18.0. The molecule has 1 aromatic rings. The molecule has 6 nitrogen and oxygen atoms in total. The van der Waals surface area contributed by atoms with E-state index in [-0.39, 0.29) is 29.4 Å². The van der Waals surface area contributed by atoms with Gasteiger partial charge in [-0.15, -0.1) is 11.3 Å². The molecule has 25 heavy (non-hydrogen) atoms. The summed E-state index contributed by atoms with van der Waals surface area (Å²) in [5.74, 6) is 1.01. The fraction of sp³-hybridized carbons (Fsp3) is 0.706. The van der Waals surface area contributed by atoms with Crippen LogP contribution in [0.3, 0.4) is 0 Å². The van der Waals surface area contributed by atoms with Gasteiger partial charge in [-0.1, -0.05) is 27.2 Å². The Hall–Kier alpha value is -1.28. The number of rotatable bonds is 6. The van der Waals surface area contributed by atoms with Crippen molar-refractivity contribution in [2.45, 2.75) is 69.2 Å². The summed E-state index contributed by atoms with van der Waals surface area (Å²) < 4.78 is 0. The van der Waals surface area contributed by atoms with E-state index in [0.29, 0.717) is 16.8 Å². The molecular formula is C17H26N4O2S2. The highest BCUT2D eigenvalue weighted by atomic mass is 32.2. The van der Waals surface area contributed by atoms with E-state index in [0.717, 1.165) is 30.7 Å². The largest absolute Gasteiger partial charge is 0.332 e. The second-order valence-electron chi connectivity index (χ2n) is 7.70. The SMILES string of the molecule is CC(C)(C)c1csc(NC(=O)CCCC[C@H]2SC[C@@H]3NC(=O)N[C@H]32)n1. The van der Waals surface area contributed by atoms with E-state index in [9.17, 15) is 9.59 Å². The van der Waals surface area contributed by atoms with E-state index < -0.39 is 0 Å². The van der Waals surface area contributed by atoms with E-state index >= 15 is 0 Å². The summed E-state index contributed by atoms with van der Waals surface area (Å²) in [6.07, 6.45) is 3.40. The van der Waals surface area contributed by atoms with Crippen LogP contribution < -0.4 is 16.0 Å². The minimum absolute atomic E-state index is 0.000794. The number of carbonyl (C=O) groups excluding carboxylic acids is 2. The number of nitrogens with one attached hydrogen (secondary N) is 3. The molecule has 0 unspecified atom stereocenters. The zero-order valence-electron chi connectivity index (χ0n) is 14.9. The highest BCUT2D eigenvalue weighted by Crippen LogP contribution is 2.33. The van der Waals surface area contributed by atoms with Gasteiger partial charge >= 0.3 is 6.03 Å². The van der Waals surface area contributed by atoms with Gasteiger partial charge in [-0.2, -0.15) is 11.8 Å². The number of amides is 3. The van der Waals surface area contributed by atoms with Crippen LogP contribution in [0.15, 0.2) is 5.38 Å². The quantitative estimate of drug-likeness (QED) is 0.521. The Labute approximate surface area is 156 Å². The summed E-state index contributed by atoms with van der Waals surface area (Å²) in [5.41, 5.74) is 1.01. The highest BCUT2D eigenvalue weighted by Gasteiger charge is 2.42. The maximum Gasteiger partial charge on any atom is 0.315 e. The lowest BCUT2D eigenvalue weighted by atomic mass is 9.93. The molecule has 3 atom stereocenters. The molecule has 3 amide bonds. The lowest BCUT2D eigenvalue weighted by Crippen LogP contribution is -2.36. The maximum absolute atomic E-state index is 12.1. The number of anilines is 1. The number of thiazole rings is 1. The van der Waals surface area contributed by atoms with Gasteiger partial charge in [0, 0.05) is 28.2 Å². The van der Waals surface area contributed by atoms with Crippen molar-refractivity contribution in [3.8, 4) is 0 Å². The van der Waals surface area contributed by atoms with Crippen LogP contribution in [0.4, 0.5) is 9.93 Å². The second-order valence-corrected chi connectivity index (χ2v) is 9.83. The Morgan fingerprint density at radius 2 is 2.16 bits per heavy atom. The van der Waals surface area contributed by atoms with Crippen LogP contribution in [-0.2, 0) is 10.2 Å². The van der Waals surface area contributed by atoms with Crippen molar-refractivity contribution < 1.29 is 9.59 Å². The number of hydrogen-bond donors (Lipinski definition) is 3. The Morgan fingerprint density at radius 3 is 2.88 bits per heavy atom. The van der Waals surface area contributed by atoms with Gasteiger partial charge in [-0.05, 0) is 12.8 Å². The molecule has 3 rings (SSSR count). The normalized spacial score (nSPS) is 25.4. The summed E-state index contributed by atoms with van der Waals surface area (Å²) >= 11 is 3.40. The number of unbranched alkanes of at least 4 members (excludes halogenated alkanes) is 1. The van der Waals surface area contributed by atoms with Crippen molar-refractivity contribution in [3.05, 3.63) is 11.1 Å². The average molecular weight is 383 g/mol. The van der Waals surface area contributed by atoms with Gasteiger partial charge in [0.05, 0.1) is 17.8 Å². The first-order chi connectivity index (χ1) is 11.8. The molecule has 138 valence electrons. The number of hydrogen-bond acceptors (Lipinski definition) is 5. The van der Waals surface area contributed by atoms with Gasteiger partial charge in [0.25, 0.3) is 0 Å². The third-order valence-corrected chi connectivity index (χ3v) is 6.87. The molecule has 2 aliphatic heterocycles. The average Bonchev–Trinajstić information content (AvgIpc) is 3.19. The molecule has 3 N–H and O–H groups in total. The molecule has 1 aromatic heterocycles. The van der Waals surface area contributed by atoms with E-state index in [1.807, 2.05) is 17.1 Å². The van der Waals surface area contributed by atoms with Gasteiger partial charge < -0.3 is 16.0 Å². The van der Waals surface area contributed by atoms with Crippen LogP contribution in [0.25, 0.3) is 0 Å². The maximum atomic E-state index is 12.1. The van der Waals surface area contributed by atoms with Crippen LogP contribution >= 0.6 is 23.1 Å². The topological polar surface area (TPSA) is 83.1 Å². The third-order valence-electron chi connectivity index (χ3n) is 4.60. The molecule has 0 aliphatic carbocycles. The number of urea groups is 1. The first kappa shape index (κ1) is 18.5. The second kappa shape index (κ2) is 7.53. The van der Waals surface area contributed by atoms with Gasteiger partial charge in [0.15, 0.2) is 5.13 Å². The Bertz CT molecular complexity index is 641. The monoisotopic (exact) mass is 382 g/mol. The Kier molecular flexibility index (Phi) is 5.58. The van der Waals surface area contributed by atoms with Gasteiger partial charge in [-0.25, -0.2) is 9.78 Å². The minimum atomic E-state index is -0.0437. The van der Waals surface area contributed by atoms with Crippen molar-refractivity contribution in [1.29, 1.82) is 0 Å². The van der Waals surface area contributed by atoms with Crippen LogP contribution in [0.1, 0.15) is 52.1 Å². The molecule has 0 saturated carbocycles. The summed E-state index contributed by atoms with van der Waals surface area (Å²) in [5, 5.41) is 12.0. The smallest absolute Gasteiger partial charge is 0.315 e. The lowest BCUT2D eigenvalue weighted by molar-refractivity contribution is -0.116. The first-order valence-electron chi connectivity index (χ1n) is 8.77. The van der Waals surface area contributed by atoms with Gasteiger partial charge in [0.1, 0.15) is 0 Å². The van der Waals surface area contributed by atoms with E-state index in [2.05, 4.69) is 41.7 Å². The third kappa shape index (κ3) is 4.67. The molecular weight excluding hydrogens is 356 g/mol. The van der Waals surface area contributed by atoms with Gasteiger partial charge in [0.2, 0.25) is 5.91 Å². The predicted molar refractivity (Wildman–Crippen MR) is 103 cm³/mol. The molecule has 0 bridgehead atoms. The molecule has 8 heteroatoms. The first-order valence-corrected chi connectivity index (χ1v) is 10.7. The standard InChI is InChI=1S/C17H26N4O2S2/c1-17(2,3)12-9-25-16(19-12)20-13(22)7-5-4-6-11-14-10(8-24-11)18-15(23)21-14/h9-11,14H,4-8H2,1-3H3,(H2,18,21,23)(H,19,20,22)/t10-,11+,14+/m0/s1.